The number of hydrogen-bond donors (Lipinski definition) is 2. The van der Waals surface area contributed by atoms with Gasteiger partial charge in [0, 0.05) is 16.9 Å². The Bertz CT molecular complexity index is 609. The molecule has 2 rings (SSSR count). The van der Waals surface area contributed by atoms with Gasteiger partial charge < -0.3 is 15.8 Å². The summed E-state index contributed by atoms with van der Waals surface area (Å²) in [5.41, 5.74) is 8.40. The van der Waals surface area contributed by atoms with E-state index in [1.165, 1.54) is 6.92 Å². The maximum atomic E-state index is 11.5. The van der Waals surface area contributed by atoms with Gasteiger partial charge in [-0.15, -0.1) is 0 Å². The molecule has 4 nitrogen and oxygen atoms in total. The molecular formula is C15H16N2O2. The first-order chi connectivity index (χ1) is 9.11. The third kappa shape index (κ3) is 2.85. The Morgan fingerprint density at radius 1 is 1.21 bits per heavy atom. The number of hydrogen-bond acceptors (Lipinski definition) is 4. The van der Waals surface area contributed by atoms with Crippen LogP contribution in [0.15, 0.2) is 42.5 Å². The lowest BCUT2D eigenvalue weighted by molar-refractivity contribution is 0.101. The lowest BCUT2D eigenvalue weighted by Gasteiger charge is -2.12. The largest absolute Gasteiger partial charge is 0.495 e. The highest BCUT2D eigenvalue weighted by molar-refractivity contribution is 6.00. The molecule has 0 aliphatic heterocycles. The summed E-state index contributed by atoms with van der Waals surface area (Å²) in [7, 11) is 1.62. The zero-order chi connectivity index (χ0) is 13.8. The fraction of sp³-hybridized carbons (Fsp3) is 0.133. The van der Waals surface area contributed by atoms with E-state index in [1.54, 1.807) is 19.2 Å². The highest BCUT2D eigenvalue weighted by Crippen LogP contribution is 2.28. The molecule has 0 aromatic heterocycles. The topological polar surface area (TPSA) is 64.3 Å². The third-order valence-corrected chi connectivity index (χ3v) is 2.82. The van der Waals surface area contributed by atoms with Gasteiger partial charge >= 0.3 is 0 Å². The van der Waals surface area contributed by atoms with E-state index in [-0.39, 0.29) is 5.78 Å². The van der Waals surface area contributed by atoms with Gasteiger partial charge in [0.15, 0.2) is 5.78 Å². The Labute approximate surface area is 112 Å². The first kappa shape index (κ1) is 13.0. The number of ether oxygens (including phenoxy) is 1. The van der Waals surface area contributed by atoms with Gasteiger partial charge in [-0.1, -0.05) is 12.1 Å². The zero-order valence-corrected chi connectivity index (χ0v) is 10.9. The number of methoxy groups -OCH3 is 1. The van der Waals surface area contributed by atoms with E-state index in [4.69, 9.17) is 10.5 Å². The lowest BCUT2D eigenvalue weighted by atomic mass is 10.1. The molecule has 2 aromatic rings. The van der Waals surface area contributed by atoms with Crippen molar-refractivity contribution in [2.45, 2.75) is 6.92 Å². The summed E-state index contributed by atoms with van der Waals surface area (Å²) >= 11 is 0. The number of anilines is 3. The first-order valence-corrected chi connectivity index (χ1v) is 5.92. The normalized spacial score (nSPS) is 10.0. The van der Waals surface area contributed by atoms with E-state index in [2.05, 4.69) is 5.32 Å². The molecule has 19 heavy (non-hydrogen) atoms. The zero-order valence-electron chi connectivity index (χ0n) is 10.9. The summed E-state index contributed by atoms with van der Waals surface area (Å²) in [4.78, 5) is 11.5. The van der Waals surface area contributed by atoms with Crippen molar-refractivity contribution >= 4 is 22.8 Å². The van der Waals surface area contributed by atoms with Crippen LogP contribution in [0.1, 0.15) is 17.3 Å². The fourth-order valence-electron chi connectivity index (χ4n) is 1.84. The number of nitrogen functional groups attached to an aromatic ring is 1. The molecule has 2 aromatic carbocycles. The van der Waals surface area contributed by atoms with E-state index in [1.807, 2.05) is 30.3 Å². The van der Waals surface area contributed by atoms with Crippen LogP contribution < -0.4 is 15.8 Å². The molecule has 3 N–H and O–H groups in total. The maximum Gasteiger partial charge on any atom is 0.161 e. The molecule has 0 aliphatic rings. The molecule has 98 valence electrons. The summed E-state index contributed by atoms with van der Waals surface area (Å²) in [5.74, 6) is 0.685. The number of para-hydroxylation sites is 2. The molecule has 0 spiro atoms. The van der Waals surface area contributed by atoms with Crippen LogP contribution in [0.2, 0.25) is 0 Å². The lowest BCUT2D eigenvalue weighted by Crippen LogP contribution is -2.01. The van der Waals surface area contributed by atoms with Crippen molar-refractivity contribution in [1.29, 1.82) is 0 Å². The minimum Gasteiger partial charge on any atom is -0.495 e. The molecule has 0 saturated heterocycles. The second-order valence-electron chi connectivity index (χ2n) is 4.18. The number of benzene rings is 2. The Balaban J connectivity index is 2.33. The number of carbonyl (C=O) groups excluding carboxylic acids is 1. The summed E-state index contributed by atoms with van der Waals surface area (Å²) < 4.78 is 5.26. The van der Waals surface area contributed by atoms with E-state index in [0.29, 0.717) is 11.3 Å². The number of Topliss-reactive ketones (excluding diaryl/α,β-unsaturated/α-hetero) is 1. The van der Waals surface area contributed by atoms with Gasteiger partial charge in [0.1, 0.15) is 5.75 Å². The van der Waals surface area contributed by atoms with Crippen LogP contribution in [-0.4, -0.2) is 12.9 Å². The second kappa shape index (κ2) is 5.44. The summed E-state index contributed by atoms with van der Waals surface area (Å²) in [6.07, 6.45) is 0. The van der Waals surface area contributed by atoms with Crippen molar-refractivity contribution in [3.8, 4) is 5.75 Å². The molecule has 0 saturated carbocycles. The van der Waals surface area contributed by atoms with Crippen molar-refractivity contribution in [3.63, 3.8) is 0 Å². The molecule has 0 atom stereocenters. The molecule has 0 amide bonds. The number of carbonyl (C=O) groups is 1. The van der Waals surface area contributed by atoms with Crippen molar-refractivity contribution in [2.24, 2.45) is 0 Å². The van der Waals surface area contributed by atoms with Gasteiger partial charge in [0.25, 0.3) is 0 Å². The fourth-order valence-corrected chi connectivity index (χ4v) is 1.84. The number of rotatable bonds is 4. The number of nitrogens with one attached hydrogen (secondary N) is 1. The van der Waals surface area contributed by atoms with E-state index >= 15 is 0 Å². The monoisotopic (exact) mass is 256 g/mol. The molecule has 4 heteroatoms. The summed E-state index contributed by atoms with van der Waals surface area (Å²) in [6.45, 7) is 1.50. The highest BCUT2D eigenvalue weighted by atomic mass is 16.5. The molecular weight excluding hydrogens is 240 g/mol. The van der Waals surface area contributed by atoms with Gasteiger partial charge in [-0.3, -0.25) is 4.79 Å². The Hall–Kier alpha value is -2.49. The van der Waals surface area contributed by atoms with Gasteiger partial charge in [0.2, 0.25) is 0 Å². The van der Waals surface area contributed by atoms with Crippen LogP contribution in [0.5, 0.6) is 5.75 Å². The third-order valence-electron chi connectivity index (χ3n) is 2.82. The van der Waals surface area contributed by atoms with Gasteiger partial charge in [-0.2, -0.15) is 0 Å². The molecule has 0 radical (unpaired) electrons. The van der Waals surface area contributed by atoms with Crippen LogP contribution in [-0.2, 0) is 0 Å². The Morgan fingerprint density at radius 3 is 2.63 bits per heavy atom. The molecule has 0 bridgehead atoms. The summed E-state index contributed by atoms with van der Waals surface area (Å²) in [5, 5.41) is 3.21. The predicted molar refractivity (Wildman–Crippen MR) is 77.1 cm³/mol. The van der Waals surface area contributed by atoms with Crippen molar-refractivity contribution < 1.29 is 9.53 Å². The quantitative estimate of drug-likeness (QED) is 0.651. The second-order valence-corrected chi connectivity index (χ2v) is 4.18. The van der Waals surface area contributed by atoms with Gasteiger partial charge in [-0.25, -0.2) is 0 Å². The number of ketones is 1. The molecule has 0 fully saturated rings. The predicted octanol–water partition coefficient (Wildman–Crippen LogP) is 3.22. The van der Waals surface area contributed by atoms with Gasteiger partial charge in [-0.05, 0) is 37.3 Å². The van der Waals surface area contributed by atoms with E-state index < -0.39 is 0 Å². The Morgan fingerprint density at radius 2 is 1.95 bits per heavy atom. The average molecular weight is 256 g/mol. The summed E-state index contributed by atoms with van der Waals surface area (Å²) in [6, 6.07) is 12.9. The standard InChI is InChI=1S/C15H16N2O2/c1-10(18)12-9-11(7-8-13(12)16)17-14-5-3-4-6-15(14)19-2/h3-9,17H,16H2,1-2H3. The van der Waals surface area contributed by atoms with E-state index in [0.717, 1.165) is 17.1 Å². The van der Waals surface area contributed by atoms with Gasteiger partial charge in [0.05, 0.1) is 12.8 Å². The van der Waals surface area contributed by atoms with Crippen LogP contribution in [0.3, 0.4) is 0 Å². The van der Waals surface area contributed by atoms with Crippen molar-refractivity contribution in [3.05, 3.63) is 48.0 Å². The minimum atomic E-state index is -0.0545. The SMILES string of the molecule is COc1ccccc1Nc1ccc(N)c(C(C)=O)c1. The van der Waals surface area contributed by atoms with Crippen LogP contribution >= 0.6 is 0 Å². The number of nitrogens with two attached hydrogens (primary N) is 1. The van der Waals surface area contributed by atoms with Crippen LogP contribution in [0.25, 0.3) is 0 Å². The average Bonchev–Trinajstić information content (AvgIpc) is 2.41. The Kier molecular flexibility index (Phi) is 3.71. The van der Waals surface area contributed by atoms with Crippen molar-refractivity contribution in [1.82, 2.24) is 0 Å². The molecule has 0 aliphatic carbocycles. The van der Waals surface area contributed by atoms with Crippen LogP contribution in [0.4, 0.5) is 17.1 Å². The minimum absolute atomic E-state index is 0.0545. The maximum absolute atomic E-state index is 11.5. The van der Waals surface area contributed by atoms with Crippen LogP contribution in [0, 0.1) is 0 Å². The smallest absolute Gasteiger partial charge is 0.161 e. The van der Waals surface area contributed by atoms with E-state index in [9.17, 15) is 4.79 Å². The molecule has 0 unspecified atom stereocenters. The molecule has 0 heterocycles. The van der Waals surface area contributed by atoms with Crippen molar-refractivity contribution in [2.75, 3.05) is 18.2 Å². The highest BCUT2D eigenvalue weighted by Gasteiger charge is 2.07. The first-order valence-electron chi connectivity index (χ1n) is 5.92.